The molecule has 0 spiro atoms. The molecule has 1 aromatic rings. The molecule has 0 amide bonds. The van der Waals surface area contributed by atoms with Crippen LogP contribution in [0.1, 0.15) is 25.7 Å². The summed E-state index contributed by atoms with van der Waals surface area (Å²) in [7, 11) is 3.38. The van der Waals surface area contributed by atoms with Gasteiger partial charge in [0, 0.05) is 18.9 Å². The lowest BCUT2D eigenvalue weighted by Crippen LogP contribution is -2.42. The minimum atomic E-state index is -0.485. The molecule has 0 aromatic heterocycles. The van der Waals surface area contributed by atoms with Gasteiger partial charge in [-0.05, 0) is 37.8 Å². The van der Waals surface area contributed by atoms with Crippen molar-refractivity contribution in [1.82, 2.24) is 0 Å². The molecule has 19 heavy (non-hydrogen) atoms. The Morgan fingerprint density at radius 1 is 1.32 bits per heavy atom. The summed E-state index contributed by atoms with van der Waals surface area (Å²) in [6.07, 6.45) is 3.73. The molecule has 1 fully saturated rings. The minimum absolute atomic E-state index is 0.286. The van der Waals surface area contributed by atoms with Gasteiger partial charge in [0.2, 0.25) is 0 Å². The highest BCUT2D eigenvalue weighted by atomic mass is 16.5. The predicted octanol–water partition coefficient (Wildman–Crippen LogP) is 2.96. The van der Waals surface area contributed by atoms with Gasteiger partial charge in [-0.25, -0.2) is 0 Å². The second-order valence-corrected chi connectivity index (χ2v) is 4.99. The van der Waals surface area contributed by atoms with Crippen LogP contribution >= 0.6 is 0 Å². The van der Waals surface area contributed by atoms with Crippen LogP contribution in [0.3, 0.4) is 0 Å². The maximum atomic E-state index is 9.50. The summed E-state index contributed by atoms with van der Waals surface area (Å²) in [4.78, 5) is 0. The topological polar surface area (TPSA) is 54.3 Å². The summed E-state index contributed by atoms with van der Waals surface area (Å²) in [5, 5.41) is 12.9. The molecule has 0 radical (unpaired) electrons. The molecule has 1 aliphatic carbocycles. The third kappa shape index (κ3) is 3.18. The van der Waals surface area contributed by atoms with Crippen LogP contribution in [0.4, 0.5) is 5.69 Å². The normalized spacial score (nSPS) is 26.5. The van der Waals surface area contributed by atoms with Gasteiger partial charge < -0.3 is 14.8 Å². The molecule has 102 valence electrons. The van der Waals surface area contributed by atoms with E-state index in [1.807, 2.05) is 24.3 Å². The number of ether oxygens (including phenoxy) is 2. The SMILES string of the molecule is COc1cccc(NC2(C#N)CCC(OC)CC2)c1. The molecule has 0 saturated heterocycles. The van der Waals surface area contributed by atoms with Crippen molar-refractivity contribution >= 4 is 5.69 Å². The molecule has 4 heteroatoms. The molecule has 0 unspecified atom stereocenters. The summed E-state index contributed by atoms with van der Waals surface area (Å²) in [6.45, 7) is 0. The summed E-state index contributed by atoms with van der Waals surface area (Å²) in [5.41, 5.74) is 0.443. The number of hydrogen-bond acceptors (Lipinski definition) is 4. The summed E-state index contributed by atoms with van der Waals surface area (Å²) >= 11 is 0. The highest BCUT2D eigenvalue weighted by Crippen LogP contribution is 2.33. The Morgan fingerprint density at radius 3 is 2.63 bits per heavy atom. The zero-order valence-electron chi connectivity index (χ0n) is 11.5. The van der Waals surface area contributed by atoms with Crippen molar-refractivity contribution in [3.8, 4) is 11.8 Å². The van der Waals surface area contributed by atoms with Crippen molar-refractivity contribution in [2.75, 3.05) is 19.5 Å². The van der Waals surface area contributed by atoms with Gasteiger partial charge in [-0.3, -0.25) is 0 Å². The number of nitriles is 1. The van der Waals surface area contributed by atoms with E-state index in [4.69, 9.17) is 9.47 Å². The molecule has 1 aromatic carbocycles. The number of hydrogen-bond donors (Lipinski definition) is 1. The van der Waals surface area contributed by atoms with E-state index in [9.17, 15) is 5.26 Å². The molecule has 2 rings (SSSR count). The van der Waals surface area contributed by atoms with Crippen molar-refractivity contribution in [3.05, 3.63) is 24.3 Å². The smallest absolute Gasteiger partial charge is 0.125 e. The molecule has 4 nitrogen and oxygen atoms in total. The second kappa shape index (κ2) is 5.94. The van der Waals surface area contributed by atoms with Crippen LogP contribution in [0.25, 0.3) is 0 Å². The molecule has 1 N–H and O–H groups in total. The van der Waals surface area contributed by atoms with Gasteiger partial charge in [-0.1, -0.05) is 6.07 Å². The standard InChI is InChI=1S/C15H20N2O2/c1-18-13-6-8-15(11-16,9-7-13)17-12-4-3-5-14(10-12)19-2/h3-5,10,13,17H,6-9H2,1-2H3. The van der Waals surface area contributed by atoms with E-state index < -0.39 is 5.54 Å². The Kier molecular flexibility index (Phi) is 4.28. The van der Waals surface area contributed by atoms with Crippen molar-refractivity contribution in [2.24, 2.45) is 0 Å². The Morgan fingerprint density at radius 2 is 2.05 bits per heavy atom. The van der Waals surface area contributed by atoms with Gasteiger partial charge in [0.1, 0.15) is 11.3 Å². The fourth-order valence-electron chi connectivity index (χ4n) is 2.56. The molecule has 1 saturated carbocycles. The number of rotatable bonds is 4. The Hall–Kier alpha value is -1.73. The molecule has 0 heterocycles. The Balaban J connectivity index is 2.09. The lowest BCUT2D eigenvalue weighted by atomic mass is 9.81. The van der Waals surface area contributed by atoms with Gasteiger partial charge in [-0.15, -0.1) is 0 Å². The van der Waals surface area contributed by atoms with Crippen LogP contribution in [0, 0.1) is 11.3 Å². The van der Waals surface area contributed by atoms with E-state index in [0.29, 0.717) is 0 Å². The van der Waals surface area contributed by atoms with Gasteiger partial charge in [-0.2, -0.15) is 5.26 Å². The number of benzene rings is 1. The first-order valence-electron chi connectivity index (χ1n) is 6.57. The number of methoxy groups -OCH3 is 2. The number of nitrogens with one attached hydrogen (secondary N) is 1. The van der Waals surface area contributed by atoms with Crippen molar-refractivity contribution < 1.29 is 9.47 Å². The number of anilines is 1. The van der Waals surface area contributed by atoms with E-state index in [1.165, 1.54) is 0 Å². The molecule has 0 aliphatic heterocycles. The number of nitrogens with zero attached hydrogens (tertiary/aromatic N) is 1. The van der Waals surface area contributed by atoms with Crippen LogP contribution in [0.2, 0.25) is 0 Å². The van der Waals surface area contributed by atoms with Crippen LogP contribution < -0.4 is 10.1 Å². The first kappa shape index (κ1) is 13.7. The highest BCUT2D eigenvalue weighted by molar-refractivity contribution is 5.51. The zero-order valence-corrected chi connectivity index (χ0v) is 11.5. The maximum absolute atomic E-state index is 9.50. The third-order valence-electron chi connectivity index (χ3n) is 3.79. The van der Waals surface area contributed by atoms with E-state index >= 15 is 0 Å². The highest BCUT2D eigenvalue weighted by Gasteiger charge is 2.35. The fourth-order valence-corrected chi connectivity index (χ4v) is 2.56. The summed E-state index contributed by atoms with van der Waals surface area (Å²) in [5.74, 6) is 0.795. The average molecular weight is 260 g/mol. The van der Waals surface area contributed by atoms with Crippen LogP contribution in [0.5, 0.6) is 5.75 Å². The maximum Gasteiger partial charge on any atom is 0.125 e. The van der Waals surface area contributed by atoms with Gasteiger partial charge in [0.25, 0.3) is 0 Å². The van der Waals surface area contributed by atoms with Crippen molar-refractivity contribution in [2.45, 2.75) is 37.3 Å². The van der Waals surface area contributed by atoms with Gasteiger partial charge in [0.15, 0.2) is 0 Å². The molecular weight excluding hydrogens is 240 g/mol. The molecule has 0 bridgehead atoms. The van der Waals surface area contributed by atoms with Gasteiger partial charge in [0.05, 0.1) is 19.3 Å². The Bertz CT molecular complexity index is 459. The largest absolute Gasteiger partial charge is 0.497 e. The van der Waals surface area contributed by atoms with E-state index in [0.717, 1.165) is 37.1 Å². The molecule has 1 aliphatic rings. The minimum Gasteiger partial charge on any atom is -0.497 e. The summed E-state index contributed by atoms with van der Waals surface area (Å²) in [6, 6.07) is 10.1. The van der Waals surface area contributed by atoms with Gasteiger partial charge >= 0.3 is 0 Å². The Labute approximate surface area is 114 Å². The van der Waals surface area contributed by atoms with Crippen LogP contribution in [0.15, 0.2) is 24.3 Å². The quantitative estimate of drug-likeness (QED) is 0.904. The molecular formula is C15H20N2O2. The molecule has 0 atom stereocenters. The first-order valence-corrected chi connectivity index (χ1v) is 6.57. The fraction of sp³-hybridized carbons (Fsp3) is 0.533. The van der Waals surface area contributed by atoms with E-state index in [-0.39, 0.29) is 6.10 Å². The monoisotopic (exact) mass is 260 g/mol. The van der Waals surface area contributed by atoms with Crippen LogP contribution in [-0.2, 0) is 4.74 Å². The first-order chi connectivity index (χ1) is 9.21. The van der Waals surface area contributed by atoms with Crippen molar-refractivity contribution in [3.63, 3.8) is 0 Å². The van der Waals surface area contributed by atoms with E-state index in [1.54, 1.807) is 14.2 Å². The lowest BCUT2D eigenvalue weighted by molar-refractivity contribution is 0.0612. The third-order valence-corrected chi connectivity index (χ3v) is 3.79. The average Bonchev–Trinajstić information content (AvgIpc) is 2.48. The summed E-state index contributed by atoms with van der Waals surface area (Å²) < 4.78 is 10.6. The van der Waals surface area contributed by atoms with Crippen LogP contribution in [-0.4, -0.2) is 25.9 Å². The zero-order chi connectivity index (χ0) is 13.7. The second-order valence-electron chi connectivity index (χ2n) is 4.99. The predicted molar refractivity (Wildman–Crippen MR) is 74.2 cm³/mol. The van der Waals surface area contributed by atoms with E-state index in [2.05, 4.69) is 11.4 Å². The lowest BCUT2D eigenvalue weighted by Gasteiger charge is -2.35. The van der Waals surface area contributed by atoms with Crippen molar-refractivity contribution in [1.29, 1.82) is 5.26 Å².